The van der Waals surface area contributed by atoms with Crippen LogP contribution in [0.2, 0.25) is 5.02 Å². The largest absolute Gasteiger partial charge is 0.339 e. The lowest BCUT2D eigenvalue weighted by atomic mass is 10.1. The van der Waals surface area contributed by atoms with Crippen molar-refractivity contribution in [2.75, 3.05) is 11.9 Å². The number of aromatic nitrogens is 2. The molecule has 0 aliphatic heterocycles. The van der Waals surface area contributed by atoms with Gasteiger partial charge >= 0.3 is 0 Å². The highest BCUT2D eigenvalue weighted by Crippen LogP contribution is 2.19. The van der Waals surface area contributed by atoms with Crippen molar-refractivity contribution in [1.82, 2.24) is 10.1 Å². The smallest absolute Gasteiger partial charge is 0.227 e. The van der Waals surface area contributed by atoms with Gasteiger partial charge in [0, 0.05) is 36.2 Å². The summed E-state index contributed by atoms with van der Waals surface area (Å²) in [6.45, 7) is 2.02. The third-order valence-corrected chi connectivity index (χ3v) is 4.17. The maximum atomic E-state index is 12.3. The van der Waals surface area contributed by atoms with Gasteiger partial charge in [-0.1, -0.05) is 46.6 Å². The predicted octanol–water partition coefficient (Wildman–Crippen LogP) is 4.29. The lowest BCUT2D eigenvalue weighted by Crippen LogP contribution is -2.26. The Morgan fingerprint density at radius 2 is 1.80 bits per heavy atom. The van der Waals surface area contributed by atoms with Gasteiger partial charge in [-0.3, -0.25) is 4.79 Å². The number of hydrogen-bond donors (Lipinski definition) is 0. The molecule has 0 saturated carbocycles. The van der Waals surface area contributed by atoms with Crippen molar-refractivity contribution in [2.24, 2.45) is 0 Å². The molecule has 2 aromatic carbocycles. The molecule has 0 aliphatic carbocycles. The van der Waals surface area contributed by atoms with Gasteiger partial charge in [-0.25, -0.2) is 0 Å². The van der Waals surface area contributed by atoms with Crippen molar-refractivity contribution in [3.8, 4) is 11.4 Å². The number of benzene rings is 2. The van der Waals surface area contributed by atoms with E-state index in [1.165, 1.54) is 5.56 Å². The standard InChI is InChI=1S/C19H18ClN3O2/c1-13-3-5-14(6-4-13)19-21-17(25-22-19)11-12-18(24)23(2)16-9-7-15(20)8-10-16/h3-10H,11-12H2,1-2H3. The number of anilines is 1. The Morgan fingerprint density at radius 3 is 2.48 bits per heavy atom. The molecule has 1 heterocycles. The number of aryl methyl sites for hydroxylation is 2. The van der Waals surface area contributed by atoms with Gasteiger partial charge in [0.2, 0.25) is 17.6 Å². The third-order valence-electron chi connectivity index (χ3n) is 3.92. The van der Waals surface area contributed by atoms with Gasteiger partial charge in [0.05, 0.1) is 0 Å². The van der Waals surface area contributed by atoms with Crippen LogP contribution in [-0.2, 0) is 11.2 Å². The first kappa shape index (κ1) is 17.2. The molecule has 1 aromatic heterocycles. The molecule has 25 heavy (non-hydrogen) atoms. The van der Waals surface area contributed by atoms with E-state index >= 15 is 0 Å². The van der Waals surface area contributed by atoms with E-state index in [9.17, 15) is 4.79 Å². The fourth-order valence-electron chi connectivity index (χ4n) is 2.37. The molecule has 0 unspecified atom stereocenters. The van der Waals surface area contributed by atoms with Crippen LogP contribution in [0.15, 0.2) is 53.1 Å². The summed E-state index contributed by atoms with van der Waals surface area (Å²) in [6, 6.07) is 15.0. The highest BCUT2D eigenvalue weighted by molar-refractivity contribution is 6.30. The lowest BCUT2D eigenvalue weighted by molar-refractivity contribution is -0.118. The van der Waals surface area contributed by atoms with Crippen molar-refractivity contribution in [2.45, 2.75) is 19.8 Å². The fraction of sp³-hybridized carbons (Fsp3) is 0.211. The molecule has 1 amide bonds. The molecular weight excluding hydrogens is 338 g/mol. The lowest BCUT2D eigenvalue weighted by Gasteiger charge is -2.16. The van der Waals surface area contributed by atoms with Crippen LogP contribution in [0.1, 0.15) is 17.9 Å². The first-order valence-electron chi connectivity index (χ1n) is 7.94. The fourth-order valence-corrected chi connectivity index (χ4v) is 2.49. The third kappa shape index (κ3) is 4.25. The van der Waals surface area contributed by atoms with E-state index in [1.807, 2.05) is 43.3 Å². The minimum Gasteiger partial charge on any atom is -0.339 e. The molecule has 0 saturated heterocycles. The number of amides is 1. The zero-order valence-corrected chi connectivity index (χ0v) is 14.8. The van der Waals surface area contributed by atoms with Gasteiger partial charge in [-0.05, 0) is 31.2 Å². The number of carbonyl (C=O) groups is 1. The van der Waals surface area contributed by atoms with Crippen LogP contribution < -0.4 is 4.90 Å². The van der Waals surface area contributed by atoms with Crippen molar-refractivity contribution in [3.05, 3.63) is 65.0 Å². The van der Waals surface area contributed by atoms with Gasteiger partial charge in [-0.2, -0.15) is 4.98 Å². The average Bonchev–Trinajstić information content (AvgIpc) is 3.09. The Balaban J connectivity index is 1.60. The van der Waals surface area contributed by atoms with E-state index in [4.69, 9.17) is 16.1 Å². The van der Waals surface area contributed by atoms with Crippen LogP contribution in [0.3, 0.4) is 0 Å². The molecule has 5 nitrogen and oxygen atoms in total. The van der Waals surface area contributed by atoms with E-state index in [1.54, 1.807) is 24.1 Å². The molecule has 0 bridgehead atoms. The summed E-state index contributed by atoms with van der Waals surface area (Å²) in [5.41, 5.74) is 2.86. The van der Waals surface area contributed by atoms with Crippen LogP contribution in [-0.4, -0.2) is 23.1 Å². The Labute approximate surface area is 151 Å². The molecule has 0 aliphatic rings. The van der Waals surface area contributed by atoms with E-state index in [2.05, 4.69) is 10.1 Å². The number of halogens is 1. The second-order valence-corrected chi connectivity index (χ2v) is 6.24. The molecule has 0 atom stereocenters. The van der Waals surface area contributed by atoms with Crippen molar-refractivity contribution >= 4 is 23.2 Å². The molecule has 0 fully saturated rings. The number of hydrogen-bond acceptors (Lipinski definition) is 4. The molecule has 0 radical (unpaired) electrons. The molecule has 3 rings (SSSR count). The maximum Gasteiger partial charge on any atom is 0.227 e. The zero-order valence-electron chi connectivity index (χ0n) is 14.1. The Morgan fingerprint density at radius 1 is 1.12 bits per heavy atom. The number of carbonyl (C=O) groups excluding carboxylic acids is 1. The predicted molar refractivity (Wildman–Crippen MR) is 97.7 cm³/mol. The topological polar surface area (TPSA) is 59.2 Å². The normalized spacial score (nSPS) is 10.7. The summed E-state index contributed by atoms with van der Waals surface area (Å²) in [5.74, 6) is 0.958. The first-order chi connectivity index (χ1) is 12.0. The van der Waals surface area contributed by atoms with Gasteiger partial charge in [0.1, 0.15) is 0 Å². The molecule has 6 heteroatoms. The monoisotopic (exact) mass is 355 g/mol. The molecule has 3 aromatic rings. The second kappa shape index (κ2) is 7.49. The van der Waals surface area contributed by atoms with Gasteiger partial charge < -0.3 is 9.42 Å². The molecule has 128 valence electrons. The van der Waals surface area contributed by atoms with E-state index in [-0.39, 0.29) is 12.3 Å². The van der Waals surface area contributed by atoms with E-state index < -0.39 is 0 Å². The minimum absolute atomic E-state index is 0.0302. The number of nitrogens with zero attached hydrogens (tertiary/aromatic N) is 3. The molecule has 0 spiro atoms. The Kier molecular flexibility index (Phi) is 5.14. The highest BCUT2D eigenvalue weighted by Gasteiger charge is 2.14. The summed E-state index contributed by atoms with van der Waals surface area (Å²) in [7, 11) is 1.73. The summed E-state index contributed by atoms with van der Waals surface area (Å²) in [5, 5.41) is 4.62. The highest BCUT2D eigenvalue weighted by atomic mass is 35.5. The van der Waals surface area contributed by atoms with Crippen LogP contribution in [0, 0.1) is 6.92 Å². The van der Waals surface area contributed by atoms with Crippen LogP contribution in [0.25, 0.3) is 11.4 Å². The Hall–Kier alpha value is -2.66. The SMILES string of the molecule is Cc1ccc(-c2noc(CCC(=O)N(C)c3ccc(Cl)cc3)n2)cc1. The Bertz CT molecular complexity index is 857. The summed E-state index contributed by atoms with van der Waals surface area (Å²) in [4.78, 5) is 18.3. The quantitative estimate of drug-likeness (QED) is 0.684. The van der Waals surface area contributed by atoms with Crippen molar-refractivity contribution in [1.29, 1.82) is 0 Å². The molecular formula is C19H18ClN3O2. The van der Waals surface area contributed by atoms with Gasteiger partial charge in [0.25, 0.3) is 0 Å². The van der Waals surface area contributed by atoms with Crippen molar-refractivity contribution in [3.63, 3.8) is 0 Å². The minimum atomic E-state index is -0.0302. The van der Waals surface area contributed by atoms with Crippen LogP contribution in [0.5, 0.6) is 0 Å². The second-order valence-electron chi connectivity index (χ2n) is 5.81. The summed E-state index contributed by atoms with van der Waals surface area (Å²) in [6.07, 6.45) is 0.685. The molecule has 0 N–H and O–H groups in total. The average molecular weight is 356 g/mol. The van der Waals surface area contributed by atoms with Crippen LogP contribution >= 0.6 is 11.6 Å². The van der Waals surface area contributed by atoms with E-state index in [0.717, 1.165) is 11.3 Å². The summed E-state index contributed by atoms with van der Waals surface area (Å²) < 4.78 is 5.25. The van der Waals surface area contributed by atoms with Crippen molar-refractivity contribution < 1.29 is 9.32 Å². The van der Waals surface area contributed by atoms with Gasteiger partial charge in [0.15, 0.2) is 0 Å². The van der Waals surface area contributed by atoms with Crippen LogP contribution in [0.4, 0.5) is 5.69 Å². The first-order valence-corrected chi connectivity index (χ1v) is 8.32. The van der Waals surface area contributed by atoms with E-state index in [0.29, 0.717) is 23.2 Å². The maximum absolute atomic E-state index is 12.3. The zero-order chi connectivity index (χ0) is 17.8. The summed E-state index contributed by atoms with van der Waals surface area (Å²) >= 11 is 5.87. The van der Waals surface area contributed by atoms with Gasteiger partial charge in [-0.15, -0.1) is 0 Å². The number of rotatable bonds is 5.